The Labute approximate surface area is 120 Å². The van der Waals surface area contributed by atoms with Gasteiger partial charge in [0.1, 0.15) is 0 Å². The Morgan fingerprint density at radius 1 is 1.42 bits per heavy atom. The third-order valence-corrected chi connectivity index (χ3v) is 4.92. The van der Waals surface area contributed by atoms with Crippen molar-refractivity contribution in [3.8, 4) is 0 Å². The van der Waals surface area contributed by atoms with Crippen molar-refractivity contribution in [1.29, 1.82) is 0 Å². The number of piperidine rings is 1. The molecule has 1 fully saturated rings. The zero-order valence-corrected chi connectivity index (χ0v) is 13.0. The van der Waals surface area contributed by atoms with E-state index in [-0.39, 0.29) is 5.91 Å². The molecule has 1 aromatic rings. The largest absolute Gasteiger partial charge is 0.350 e. The third-order valence-electron chi connectivity index (χ3n) is 3.88. The summed E-state index contributed by atoms with van der Waals surface area (Å²) in [5.41, 5.74) is 1.65. The van der Waals surface area contributed by atoms with E-state index in [2.05, 4.69) is 24.1 Å². The number of hydrogen-bond acceptors (Lipinski definition) is 3. The van der Waals surface area contributed by atoms with Crippen LogP contribution in [0.25, 0.3) is 0 Å². The fourth-order valence-corrected chi connectivity index (χ4v) is 3.16. The van der Waals surface area contributed by atoms with Gasteiger partial charge in [-0.3, -0.25) is 4.79 Å². The average molecular weight is 280 g/mol. The number of carbonyl (C=O) groups excluding carboxylic acids is 1. The molecule has 0 aliphatic carbocycles. The summed E-state index contributed by atoms with van der Waals surface area (Å²) in [6.45, 7) is 10.7. The van der Waals surface area contributed by atoms with Crippen molar-refractivity contribution >= 4 is 17.2 Å². The SMILES string of the molecule is Cc1csc(C(=O)NCCN2CCC(C)(C)CC2)c1. The summed E-state index contributed by atoms with van der Waals surface area (Å²) in [5.74, 6) is 0.0652. The lowest BCUT2D eigenvalue weighted by molar-refractivity contribution is 0.0938. The number of aryl methyl sites for hydroxylation is 1. The van der Waals surface area contributed by atoms with Gasteiger partial charge in [-0.2, -0.15) is 0 Å². The minimum atomic E-state index is 0.0652. The second-order valence-corrected chi connectivity index (χ2v) is 7.16. The normalized spacial score (nSPS) is 19.3. The fourth-order valence-electron chi connectivity index (χ4n) is 2.35. The van der Waals surface area contributed by atoms with E-state index in [1.165, 1.54) is 24.2 Å². The van der Waals surface area contributed by atoms with E-state index >= 15 is 0 Å². The van der Waals surface area contributed by atoms with Crippen LogP contribution in [0.3, 0.4) is 0 Å². The number of thiophene rings is 1. The Kier molecular flexibility index (Phi) is 4.63. The van der Waals surface area contributed by atoms with Crippen LogP contribution in [0.4, 0.5) is 0 Å². The summed E-state index contributed by atoms with van der Waals surface area (Å²) >= 11 is 1.52. The van der Waals surface area contributed by atoms with E-state index in [4.69, 9.17) is 0 Å². The van der Waals surface area contributed by atoms with Crippen molar-refractivity contribution in [2.24, 2.45) is 5.41 Å². The van der Waals surface area contributed by atoms with Gasteiger partial charge in [0.15, 0.2) is 0 Å². The van der Waals surface area contributed by atoms with Gasteiger partial charge in [-0.15, -0.1) is 11.3 Å². The standard InChI is InChI=1S/C15H24N2OS/c1-12-10-13(19-11-12)14(18)16-6-9-17-7-4-15(2,3)5-8-17/h10-11H,4-9H2,1-3H3,(H,16,18). The van der Waals surface area contributed by atoms with Crippen molar-refractivity contribution in [2.75, 3.05) is 26.2 Å². The Bertz CT molecular complexity index is 429. The zero-order valence-electron chi connectivity index (χ0n) is 12.2. The molecule has 0 radical (unpaired) electrons. The summed E-state index contributed by atoms with van der Waals surface area (Å²) in [7, 11) is 0. The highest BCUT2D eigenvalue weighted by atomic mass is 32.1. The molecule has 0 atom stereocenters. The lowest BCUT2D eigenvalue weighted by Crippen LogP contribution is -2.41. The van der Waals surface area contributed by atoms with E-state index in [9.17, 15) is 4.79 Å². The quantitative estimate of drug-likeness (QED) is 0.920. The Hall–Kier alpha value is -0.870. The maximum atomic E-state index is 11.9. The molecular formula is C15H24N2OS. The highest BCUT2D eigenvalue weighted by Gasteiger charge is 2.24. The minimum absolute atomic E-state index is 0.0652. The summed E-state index contributed by atoms with van der Waals surface area (Å²) < 4.78 is 0. The Balaban J connectivity index is 1.68. The van der Waals surface area contributed by atoms with Crippen LogP contribution >= 0.6 is 11.3 Å². The molecule has 0 unspecified atom stereocenters. The summed E-state index contributed by atoms with van der Waals surface area (Å²) in [4.78, 5) is 15.2. The van der Waals surface area contributed by atoms with Gasteiger partial charge in [0, 0.05) is 13.1 Å². The molecule has 0 aromatic carbocycles. The molecule has 1 N–H and O–H groups in total. The maximum Gasteiger partial charge on any atom is 0.261 e. The number of nitrogens with one attached hydrogen (secondary N) is 1. The van der Waals surface area contributed by atoms with Crippen molar-refractivity contribution in [1.82, 2.24) is 10.2 Å². The molecule has 1 aliphatic heterocycles. The first kappa shape index (κ1) is 14.5. The first-order chi connectivity index (χ1) is 8.96. The average Bonchev–Trinajstić information content (AvgIpc) is 2.78. The Morgan fingerprint density at radius 2 is 2.11 bits per heavy atom. The van der Waals surface area contributed by atoms with Gasteiger partial charge in [-0.1, -0.05) is 13.8 Å². The second kappa shape index (κ2) is 6.06. The first-order valence-corrected chi connectivity index (χ1v) is 7.90. The van der Waals surface area contributed by atoms with E-state index in [0.29, 0.717) is 5.41 Å². The predicted molar refractivity (Wildman–Crippen MR) is 80.8 cm³/mol. The highest BCUT2D eigenvalue weighted by Crippen LogP contribution is 2.29. The van der Waals surface area contributed by atoms with Crippen molar-refractivity contribution in [3.05, 3.63) is 21.9 Å². The number of carbonyl (C=O) groups is 1. The van der Waals surface area contributed by atoms with Gasteiger partial charge in [0.25, 0.3) is 5.91 Å². The molecule has 106 valence electrons. The van der Waals surface area contributed by atoms with Gasteiger partial charge < -0.3 is 10.2 Å². The van der Waals surface area contributed by atoms with Crippen molar-refractivity contribution < 1.29 is 4.79 Å². The molecule has 1 aromatic heterocycles. The molecule has 1 saturated heterocycles. The summed E-state index contributed by atoms with van der Waals surface area (Å²) in [5, 5.41) is 5.03. The molecule has 2 rings (SSSR count). The summed E-state index contributed by atoms with van der Waals surface area (Å²) in [6.07, 6.45) is 2.51. The van der Waals surface area contributed by atoms with E-state index < -0.39 is 0 Å². The van der Waals surface area contributed by atoms with Gasteiger partial charge >= 0.3 is 0 Å². The van der Waals surface area contributed by atoms with Crippen LogP contribution in [0, 0.1) is 12.3 Å². The number of nitrogens with zero attached hydrogens (tertiary/aromatic N) is 1. The van der Waals surface area contributed by atoms with Gasteiger partial charge in [0.05, 0.1) is 4.88 Å². The molecule has 1 amide bonds. The zero-order chi connectivity index (χ0) is 13.9. The van der Waals surface area contributed by atoms with Gasteiger partial charge in [0.2, 0.25) is 0 Å². The van der Waals surface area contributed by atoms with Crippen molar-refractivity contribution in [2.45, 2.75) is 33.6 Å². The first-order valence-electron chi connectivity index (χ1n) is 7.02. The lowest BCUT2D eigenvalue weighted by Gasteiger charge is -2.36. The smallest absolute Gasteiger partial charge is 0.261 e. The number of likely N-dealkylation sites (tertiary alicyclic amines) is 1. The molecular weight excluding hydrogens is 256 g/mol. The molecule has 19 heavy (non-hydrogen) atoms. The molecule has 3 nitrogen and oxygen atoms in total. The molecule has 4 heteroatoms. The predicted octanol–water partition coefficient (Wildman–Crippen LogP) is 2.91. The summed E-state index contributed by atoms with van der Waals surface area (Å²) in [6, 6.07) is 1.95. The maximum absolute atomic E-state index is 11.9. The molecule has 2 heterocycles. The van der Waals surface area contributed by atoms with E-state index in [1.54, 1.807) is 0 Å². The fraction of sp³-hybridized carbons (Fsp3) is 0.667. The van der Waals surface area contributed by atoms with E-state index in [0.717, 1.165) is 36.6 Å². The van der Waals surface area contributed by atoms with Crippen LogP contribution in [0.15, 0.2) is 11.4 Å². The molecule has 0 spiro atoms. The highest BCUT2D eigenvalue weighted by molar-refractivity contribution is 7.12. The molecule has 0 bridgehead atoms. The Morgan fingerprint density at radius 3 is 2.68 bits per heavy atom. The van der Waals surface area contributed by atoms with Crippen molar-refractivity contribution in [3.63, 3.8) is 0 Å². The second-order valence-electron chi connectivity index (χ2n) is 6.25. The lowest BCUT2D eigenvalue weighted by atomic mass is 9.83. The van der Waals surface area contributed by atoms with Gasteiger partial charge in [-0.05, 0) is 55.3 Å². The van der Waals surface area contributed by atoms with Gasteiger partial charge in [-0.25, -0.2) is 0 Å². The topological polar surface area (TPSA) is 32.3 Å². The molecule has 0 saturated carbocycles. The van der Waals surface area contributed by atoms with Crippen LogP contribution in [0.2, 0.25) is 0 Å². The van der Waals surface area contributed by atoms with Crippen LogP contribution in [-0.4, -0.2) is 37.0 Å². The monoisotopic (exact) mass is 280 g/mol. The number of rotatable bonds is 4. The van der Waals surface area contributed by atoms with E-state index in [1.807, 2.05) is 18.4 Å². The third kappa shape index (κ3) is 4.32. The van der Waals surface area contributed by atoms with Crippen LogP contribution < -0.4 is 5.32 Å². The molecule has 1 aliphatic rings. The van der Waals surface area contributed by atoms with Crippen LogP contribution in [0.1, 0.15) is 41.9 Å². The number of amides is 1. The minimum Gasteiger partial charge on any atom is -0.350 e. The van der Waals surface area contributed by atoms with Crippen LogP contribution in [-0.2, 0) is 0 Å². The number of hydrogen-bond donors (Lipinski definition) is 1. The van der Waals surface area contributed by atoms with Crippen LogP contribution in [0.5, 0.6) is 0 Å².